The summed E-state index contributed by atoms with van der Waals surface area (Å²) in [6.07, 6.45) is 1.94. The average molecular weight is 451 g/mol. The van der Waals surface area contributed by atoms with Gasteiger partial charge in [0.05, 0.1) is 23.5 Å². The first-order chi connectivity index (χ1) is 16.1. The van der Waals surface area contributed by atoms with Crippen LogP contribution < -0.4 is 5.43 Å². The molecule has 2 fully saturated rings. The molecule has 2 saturated heterocycles. The monoisotopic (exact) mass is 450 g/mol. The molecule has 0 aliphatic carbocycles. The molecule has 7 nitrogen and oxygen atoms in total. The third-order valence-corrected chi connectivity index (χ3v) is 6.84. The van der Waals surface area contributed by atoms with Gasteiger partial charge in [-0.15, -0.1) is 0 Å². The summed E-state index contributed by atoms with van der Waals surface area (Å²) in [5.74, 6) is 0.974. The molecule has 5 rings (SSSR count). The lowest BCUT2D eigenvalue weighted by atomic mass is 9.96. The van der Waals surface area contributed by atoms with Gasteiger partial charge in [-0.25, -0.2) is 14.4 Å². The Kier molecular flexibility index (Phi) is 6.39. The molecule has 0 bridgehead atoms. The van der Waals surface area contributed by atoms with Crippen molar-refractivity contribution in [3.63, 3.8) is 0 Å². The van der Waals surface area contributed by atoms with Crippen LogP contribution in [-0.4, -0.2) is 76.6 Å². The number of fused-ring (bicyclic) bond motifs is 1. The number of amides is 1. The van der Waals surface area contributed by atoms with Crippen molar-refractivity contribution in [1.29, 1.82) is 0 Å². The molecule has 2 aliphatic rings. The minimum atomic E-state index is -0.252. The number of hydrazine groups is 1. The lowest BCUT2D eigenvalue weighted by Crippen LogP contribution is -2.54. The Balaban J connectivity index is 1.34. The Hall–Kier alpha value is -2.81. The van der Waals surface area contributed by atoms with Crippen LogP contribution in [0.4, 0.5) is 4.39 Å². The van der Waals surface area contributed by atoms with Crippen LogP contribution in [0.25, 0.3) is 16.7 Å². The molecule has 3 heterocycles. The van der Waals surface area contributed by atoms with Crippen LogP contribution in [0.5, 0.6) is 0 Å². The van der Waals surface area contributed by atoms with E-state index in [1.807, 2.05) is 36.2 Å². The van der Waals surface area contributed by atoms with E-state index in [4.69, 9.17) is 4.98 Å². The number of aromatic nitrogens is 2. The number of halogens is 1. The second-order valence-electron chi connectivity index (χ2n) is 8.94. The summed E-state index contributed by atoms with van der Waals surface area (Å²) in [6.45, 7) is 5.62. The highest BCUT2D eigenvalue weighted by Crippen LogP contribution is 2.25. The van der Waals surface area contributed by atoms with E-state index in [2.05, 4.69) is 19.9 Å². The quantitative estimate of drug-likeness (QED) is 0.648. The van der Waals surface area contributed by atoms with Crippen molar-refractivity contribution < 1.29 is 9.18 Å². The lowest BCUT2D eigenvalue weighted by molar-refractivity contribution is -0.139. The smallest absolute Gasteiger partial charge is 0.227 e. The molecule has 1 amide bonds. The number of imidazole rings is 1. The number of carbonyl (C=O) groups excluding carboxylic acids is 1. The van der Waals surface area contributed by atoms with Crippen LogP contribution in [0.3, 0.4) is 0 Å². The van der Waals surface area contributed by atoms with Crippen molar-refractivity contribution in [3.05, 3.63) is 60.2 Å². The molecular weight excluding hydrogens is 419 g/mol. The van der Waals surface area contributed by atoms with Crippen LogP contribution in [-0.2, 0) is 11.3 Å². The molecule has 0 spiro atoms. The summed E-state index contributed by atoms with van der Waals surface area (Å²) < 4.78 is 15.7. The van der Waals surface area contributed by atoms with Gasteiger partial charge in [0.1, 0.15) is 11.6 Å². The molecule has 1 aromatic heterocycles. The van der Waals surface area contributed by atoms with E-state index in [1.54, 1.807) is 12.1 Å². The Morgan fingerprint density at radius 1 is 1.06 bits per heavy atom. The maximum atomic E-state index is 13.6. The number of piperazine rings is 1. The van der Waals surface area contributed by atoms with Crippen molar-refractivity contribution in [2.45, 2.75) is 19.4 Å². The number of nitrogens with zero attached hydrogens (tertiary/aromatic N) is 5. The molecule has 174 valence electrons. The third kappa shape index (κ3) is 4.64. The SMILES string of the molecule is CNN1CCN(C(=O)[C@@H]2CCCN(Cc3nc4ccccc4n3-c3ccc(F)cc3)C2)CC1. The molecule has 1 N–H and O–H groups in total. The zero-order valence-electron chi connectivity index (χ0n) is 19.1. The Morgan fingerprint density at radius 2 is 1.82 bits per heavy atom. The van der Waals surface area contributed by atoms with Gasteiger partial charge in [0.25, 0.3) is 0 Å². The highest BCUT2D eigenvalue weighted by Gasteiger charge is 2.31. The van der Waals surface area contributed by atoms with Crippen LogP contribution in [0.1, 0.15) is 18.7 Å². The maximum Gasteiger partial charge on any atom is 0.227 e. The zero-order chi connectivity index (χ0) is 22.8. The van der Waals surface area contributed by atoms with E-state index in [0.717, 1.165) is 74.7 Å². The van der Waals surface area contributed by atoms with Crippen LogP contribution in [0, 0.1) is 11.7 Å². The fourth-order valence-corrected chi connectivity index (χ4v) is 5.07. The Bertz CT molecular complexity index is 1110. The fourth-order valence-electron chi connectivity index (χ4n) is 5.07. The summed E-state index contributed by atoms with van der Waals surface area (Å²) in [5.41, 5.74) is 5.99. The topological polar surface area (TPSA) is 56.6 Å². The Labute approximate surface area is 193 Å². The summed E-state index contributed by atoms with van der Waals surface area (Å²) >= 11 is 0. The molecule has 1 atom stereocenters. The normalized spacial score (nSPS) is 20.4. The molecule has 2 aliphatic heterocycles. The molecular formula is C25H31FN6O. The first-order valence-corrected chi connectivity index (χ1v) is 11.8. The molecule has 2 aromatic carbocycles. The third-order valence-electron chi connectivity index (χ3n) is 6.84. The van der Waals surface area contributed by atoms with Crippen LogP contribution in [0.15, 0.2) is 48.5 Å². The second-order valence-corrected chi connectivity index (χ2v) is 8.94. The number of nitrogens with one attached hydrogen (secondary N) is 1. The van der Waals surface area contributed by atoms with Gasteiger partial charge >= 0.3 is 0 Å². The number of hydrogen-bond acceptors (Lipinski definition) is 5. The van der Waals surface area contributed by atoms with Crippen molar-refractivity contribution in [2.75, 3.05) is 46.3 Å². The largest absolute Gasteiger partial charge is 0.340 e. The van der Waals surface area contributed by atoms with E-state index >= 15 is 0 Å². The number of piperidine rings is 1. The molecule has 0 saturated carbocycles. The number of hydrogen-bond donors (Lipinski definition) is 1. The number of rotatable bonds is 5. The molecule has 33 heavy (non-hydrogen) atoms. The van der Waals surface area contributed by atoms with Gasteiger partial charge in [-0.2, -0.15) is 0 Å². The minimum absolute atomic E-state index is 0.0311. The van der Waals surface area contributed by atoms with E-state index in [-0.39, 0.29) is 17.6 Å². The summed E-state index contributed by atoms with van der Waals surface area (Å²) in [7, 11) is 1.93. The lowest BCUT2D eigenvalue weighted by Gasteiger charge is -2.38. The van der Waals surface area contributed by atoms with Crippen molar-refractivity contribution in [1.82, 2.24) is 29.8 Å². The average Bonchev–Trinajstić information content (AvgIpc) is 3.22. The first kappa shape index (κ1) is 22.0. The maximum absolute atomic E-state index is 13.6. The van der Waals surface area contributed by atoms with Gasteiger partial charge in [0.15, 0.2) is 0 Å². The van der Waals surface area contributed by atoms with Gasteiger partial charge in [-0.1, -0.05) is 12.1 Å². The molecule has 0 unspecified atom stereocenters. The predicted molar refractivity (Wildman–Crippen MR) is 126 cm³/mol. The number of benzene rings is 2. The van der Waals surface area contributed by atoms with Gasteiger partial charge in [-0.3, -0.25) is 19.7 Å². The van der Waals surface area contributed by atoms with Gasteiger partial charge in [-0.05, 0) is 62.8 Å². The zero-order valence-corrected chi connectivity index (χ0v) is 19.1. The summed E-state index contributed by atoms with van der Waals surface area (Å²) in [5, 5.41) is 2.15. The van der Waals surface area contributed by atoms with Crippen molar-refractivity contribution in [2.24, 2.45) is 5.92 Å². The Morgan fingerprint density at radius 3 is 2.58 bits per heavy atom. The molecule has 0 radical (unpaired) electrons. The van der Waals surface area contributed by atoms with Crippen molar-refractivity contribution in [3.8, 4) is 5.69 Å². The highest BCUT2D eigenvalue weighted by molar-refractivity contribution is 5.79. The standard InChI is InChI=1S/C25H31FN6O/c1-27-31-15-13-30(14-16-31)25(33)19-5-4-12-29(17-19)18-24-28-22-6-2-3-7-23(22)32(24)21-10-8-20(26)9-11-21/h2-3,6-11,19,27H,4-5,12-18H2,1H3/t19-/m1/s1. The number of carbonyl (C=O) groups is 1. The highest BCUT2D eigenvalue weighted by atomic mass is 19.1. The summed E-state index contributed by atoms with van der Waals surface area (Å²) in [4.78, 5) is 22.5. The van der Waals surface area contributed by atoms with Gasteiger partial charge < -0.3 is 4.90 Å². The van der Waals surface area contributed by atoms with E-state index in [1.165, 1.54) is 12.1 Å². The number of para-hydroxylation sites is 2. The van der Waals surface area contributed by atoms with E-state index in [0.29, 0.717) is 6.54 Å². The van der Waals surface area contributed by atoms with Gasteiger partial charge in [0, 0.05) is 38.4 Å². The predicted octanol–water partition coefficient (Wildman–Crippen LogP) is 2.66. The van der Waals surface area contributed by atoms with E-state index in [9.17, 15) is 9.18 Å². The fraction of sp³-hybridized carbons (Fsp3) is 0.440. The van der Waals surface area contributed by atoms with Crippen LogP contribution >= 0.6 is 0 Å². The number of likely N-dealkylation sites (tertiary alicyclic amines) is 1. The van der Waals surface area contributed by atoms with Crippen LogP contribution in [0.2, 0.25) is 0 Å². The summed E-state index contributed by atoms with van der Waals surface area (Å²) in [6, 6.07) is 14.6. The van der Waals surface area contributed by atoms with Gasteiger partial charge in [0.2, 0.25) is 5.91 Å². The second kappa shape index (κ2) is 9.59. The molecule has 8 heteroatoms. The first-order valence-electron chi connectivity index (χ1n) is 11.8. The molecule has 3 aromatic rings. The minimum Gasteiger partial charge on any atom is -0.340 e. The van der Waals surface area contributed by atoms with Crippen molar-refractivity contribution >= 4 is 16.9 Å². The van der Waals surface area contributed by atoms with E-state index < -0.39 is 0 Å².